The summed E-state index contributed by atoms with van der Waals surface area (Å²) in [5, 5.41) is 54.1. The van der Waals surface area contributed by atoms with Crippen molar-refractivity contribution in [2.45, 2.75) is 80.7 Å². The normalized spacial score (nSPS) is 36.8. The number of carboxylic acid groups (broad SMARTS) is 1. The summed E-state index contributed by atoms with van der Waals surface area (Å²) in [4.78, 5) is 12.1. The Hall–Kier alpha value is -2.24. The van der Waals surface area contributed by atoms with Crippen LogP contribution in [0.3, 0.4) is 0 Å². The molecule has 0 spiro atoms. The van der Waals surface area contributed by atoms with Gasteiger partial charge >= 0.3 is 5.97 Å². The Bertz CT molecular complexity index is 1250. The van der Waals surface area contributed by atoms with Gasteiger partial charge in [0.1, 0.15) is 42.3 Å². The van der Waals surface area contributed by atoms with Crippen molar-refractivity contribution >= 4 is 17.6 Å². The maximum absolute atomic E-state index is 12.1. The monoisotopic (exact) mass is 573 g/mol. The van der Waals surface area contributed by atoms with Gasteiger partial charge in [-0.25, -0.2) is 0 Å². The molecule has 4 fully saturated rings. The summed E-state index contributed by atoms with van der Waals surface area (Å²) < 4.78 is 12.1. The second kappa shape index (κ2) is 11.2. The van der Waals surface area contributed by atoms with Crippen molar-refractivity contribution < 1.29 is 39.8 Å². The first-order valence-electron chi connectivity index (χ1n) is 14.1. The van der Waals surface area contributed by atoms with Crippen LogP contribution in [0.4, 0.5) is 0 Å². The summed E-state index contributed by atoms with van der Waals surface area (Å²) in [6, 6.07) is 10.4. The molecule has 2 aromatic carbocycles. The average molecular weight is 574 g/mol. The number of aliphatic hydroxyl groups is 4. The van der Waals surface area contributed by atoms with Gasteiger partial charge in [0, 0.05) is 10.9 Å². The molecule has 0 amide bonds. The molecule has 6 rings (SSSR count). The number of hydrogen-bond donors (Lipinski definition) is 6. The van der Waals surface area contributed by atoms with E-state index in [1.807, 2.05) is 18.2 Å². The van der Waals surface area contributed by atoms with Crippen molar-refractivity contribution in [2.24, 2.45) is 11.8 Å². The van der Waals surface area contributed by atoms with E-state index in [1.54, 1.807) is 18.2 Å². The van der Waals surface area contributed by atoms with Crippen LogP contribution >= 0.6 is 11.6 Å². The molecular weight excluding hydrogens is 538 g/mol. The minimum atomic E-state index is -1.48. The summed E-state index contributed by atoms with van der Waals surface area (Å²) in [7, 11) is 0. The van der Waals surface area contributed by atoms with Crippen molar-refractivity contribution in [3.8, 4) is 5.75 Å². The van der Waals surface area contributed by atoms with Gasteiger partial charge in [0.2, 0.25) is 0 Å². The van der Waals surface area contributed by atoms with Gasteiger partial charge in [-0.1, -0.05) is 29.8 Å². The fraction of sp³-hybridized carbons (Fsp3) is 0.567. The van der Waals surface area contributed by atoms with Crippen molar-refractivity contribution in [1.29, 1.82) is 0 Å². The minimum absolute atomic E-state index is 0.198. The molecule has 2 heterocycles. The lowest BCUT2D eigenvalue weighted by Crippen LogP contribution is -2.55. The van der Waals surface area contributed by atoms with Gasteiger partial charge in [0.25, 0.3) is 0 Å². The second-order valence-corrected chi connectivity index (χ2v) is 12.2. The Balaban J connectivity index is 1.30. The zero-order valence-corrected chi connectivity index (χ0v) is 22.8. The third kappa shape index (κ3) is 5.36. The molecule has 2 saturated carbocycles. The van der Waals surface area contributed by atoms with Crippen LogP contribution in [-0.2, 0) is 16.0 Å². The largest absolute Gasteiger partial charge is 0.490 e. The third-order valence-corrected chi connectivity index (χ3v) is 9.55. The fourth-order valence-corrected chi connectivity index (χ4v) is 7.07. The van der Waals surface area contributed by atoms with Crippen LogP contribution in [0.5, 0.6) is 5.75 Å². The van der Waals surface area contributed by atoms with E-state index in [2.05, 4.69) is 5.32 Å². The van der Waals surface area contributed by atoms with Gasteiger partial charge in [-0.15, -0.1) is 0 Å². The van der Waals surface area contributed by atoms with E-state index >= 15 is 0 Å². The molecule has 2 aliphatic carbocycles. The quantitative estimate of drug-likeness (QED) is 0.279. The Labute approximate surface area is 237 Å². The van der Waals surface area contributed by atoms with E-state index in [0.29, 0.717) is 30.0 Å². The Kier molecular flexibility index (Phi) is 7.82. The maximum atomic E-state index is 12.1. The molecule has 6 N–H and O–H groups in total. The first-order chi connectivity index (χ1) is 19.2. The van der Waals surface area contributed by atoms with Gasteiger partial charge in [-0.3, -0.25) is 4.79 Å². The summed E-state index contributed by atoms with van der Waals surface area (Å²) >= 11 is 6.62. The molecule has 10 heteroatoms. The third-order valence-electron chi connectivity index (χ3n) is 9.18. The van der Waals surface area contributed by atoms with Crippen LogP contribution in [0, 0.1) is 11.8 Å². The van der Waals surface area contributed by atoms with Crippen molar-refractivity contribution in [3.05, 3.63) is 63.7 Å². The average Bonchev–Trinajstić information content (AvgIpc) is 3.31. The molecule has 40 heavy (non-hydrogen) atoms. The number of halogens is 1. The summed E-state index contributed by atoms with van der Waals surface area (Å²) in [5.74, 6) is 1.20. The highest BCUT2D eigenvalue weighted by atomic mass is 35.5. The zero-order valence-electron chi connectivity index (χ0n) is 22.0. The fourth-order valence-electron chi connectivity index (χ4n) is 6.89. The number of rotatable bonds is 8. The predicted octanol–water partition coefficient (Wildman–Crippen LogP) is 2.15. The molecule has 9 nitrogen and oxygen atoms in total. The number of carboxylic acids is 1. The smallest absolute Gasteiger partial charge is 0.321 e. The van der Waals surface area contributed by atoms with Gasteiger partial charge in [-0.2, -0.15) is 0 Å². The molecule has 216 valence electrons. The highest BCUT2D eigenvalue weighted by molar-refractivity contribution is 6.31. The molecule has 4 aliphatic rings. The van der Waals surface area contributed by atoms with Gasteiger partial charge < -0.3 is 40.3 Å². The number of ether oxygens (including phenoxy) is 2. The highest BCUT2D eigenvalue weighted by Gasteiger charge is 2.47. The van der Waals surface area contributed by atoms with Crippen LogP contribution in [0.2, 0.25) is 5.02 Å². The lowest BCUT2D eigenvalue weighted by molar-refractivity contribution is -0.231. The lowest BCUT2D eigenvalue weighted by Gasteiger charge is -2.40. The first kappa shape index (κ1) is 27.9. The molecule has 2 aromatic rings. The molecule has 0 bridgehead atoms. The Morgan fingerprint density at radius 2 is 1.77 bits per heavy atom. The molecule has 10 atom stereocenters. The van der Waals surface area contributed by atoms with Crippen molar-refractivity contribution in [3.63, 3.8) is 0 Å². The molecule has 2 saturated heterocycles. The molecule has 2 aliphatic heterocycles. The number of fused-ring (bicyclic) bond motifs is 1. The number of carbonyl (C=O) groups is 1. The first-order valence-corrected chi connectivity index (χ1v) is 14.5. The maximum Gasteiger partial charge on any atom is 0.321 e. The van der Waals surface area contributed by atoms with Gasteiger partial charge in [0.05, 0.1) is 12.7 Å². The molecule has 1 unspecified atom stereocenters. The van der Waals surface area contributed by atoms with Crippen LogP contribution in [0.15, 0.2) is 36.4 Å². The van der Waals surface area contributed by atoms with Gasteiger partial charge in [-0.05, 0) is 90.9 Å². The van der Waals surface area contributed by atoms with Crippen molar-refractivity contribution in [1.82, 2.24) is 5.32 Å². The lowest BCUT2D eigenvalue weighted by atomic mass is 9.85. The Morgan fingerprint density at radius 3 is 2.50 bits per heavy atom. The number of hydrogen-bond acceptors (Lipinski definition) is 8. The van der Waals surface area contributed by atoms with Crippen molar-refractivity contribution in [2.75, 3.05) is 13.2 Å². The van der Waals surface area contributed by atoms with E-state index < -0.39 is 49.1 Å². The summed E-state index contributed by atoms with van der Waals surface area (Å²) in [6.07, 6.45) is -1.59. The van der Waals surface area contributed by atoms with Crippen LogP contribution in [0.25, 0.3) is 0 Å². The van der Waals surface area contributed by atoms with Gasteiger partial charge in [0.15, 0.2) is 0 Å². The van der Waals surface area contributed by atoms with Crippen LogP contribution in [-0.4, -0.2) is 81.2 Å². The SMILES string of the molecule is O=C(O)[C@H]1NCCC1c1cc(O[C@H]2C[C@@H]3C[C@@H]3C2)ccc1Cc1cc([C@@H]2O[C@H](CO)[C@@H](O)[C@H](O)[C@H]2O)ccc1Cl. The minimum Gasteiger partial charge on any atom is -0.490 e. The number of nitrogens with one attached hydrogen (secondary N) is 1. The zero-order chi connectivity index (χ0) is 28.1. The highest BCUT2D eigenvalue weighted by Crippen LogP contribution is 2.52. The number of aliphatic carboxylic acids is 1. The van der Waals surface area contributed by atoms with E-state index in [4.69, 9.17) is 21.1 Å². The molecule has 0 aromatic heterocycles. The van der Waals surface area contributed by atoms with E-state index in [1.165, 1.54) is 6.42 Å². The number of aliphatic hydroxyl groups excluding tert-OH is 4. The van der Waals surface area contributed by atoms with Crippen LogP contribution < -0.4 is 10.1 Å². The second-order valence-electron chi connectivity index (χ2n) is 11.8. The number of benzene rings is 2. The van der Waals surface area contributed by atoms with Crippen LogP contribution in [0.1, 0.15) is 60.0 Å². The molecule has 0 radical (unpaired) electrons. The van der Waals surface area contributed by atoms with E-state index in [9.17, 15) is 30.3 Å². The van der Waals surface area contributed by atoms with E-state index in [0.717, 1.165) is 47.1 Å². The summed E-state index contributed by atoms with van der Waals surface area (Å²) in [6.45, 7) is 0.0908. The standard InChI is InChI=1S/C30H36ClNO8/c31-23-4-2-15(29-28(36)27(35)26(34)24(13-33)40-29)8-18(23)7-14-1-3-19(39-20-10-16-9-17(16)11-20)12-22(14)21-5-6-32-25(21)30(37)38/h1-4,8,12,16-17,20-21,24-29,32-36H,5-7,9-11,13H2,(H,37,38)/t16-,17+,20-,21?,24-,25+,26-,27+,28-,29+/m1/s1. The van der Waals surface area contributed by atoms with E-state index in [-0.39, 0.29) is 12.0 Å². The molecular formula is C30H36ClNO8. The summed E-state index contributed by atoms with van der Waals surface area (Å²) in [5.41, 5.74) is 3.12. The topological polar surface area (TPSA) is 149 Å². The predicted molar refractivity (Wildman–Crippen MR) is 145 cm³/mol. The Morgan fingerprint density at radius 1 is 1.00 bits per heavy atom.